The molecule has 2 heterocycles. The molecule has 2 aromatic heterocycles. The predicted octanol–water partition coefficient (Wildman–Crippen LogP) is 3.79. The second-order valence-electron chi connectivity index (χ2n) is 6.35. The summed E-state index contributed by atoms with van der Waals surface area (Å²) in [5, 5.41) is 5.11. The third-order valence-corrected chi connectivity index (χ3v) is 5.32. The summed E-state index contributed by atoms with van der Waals surface area (Å²) in [6.45, 7) is 6.74. The standard InChI is InChI=1S/C19H22N4O3S/c1-11(17-12(2)27-13(3)20-17)23(4)10-16-21-18(22-26-16)14-6-8-15(9-7-14)19(24)25-5/h6-9,11H,10H2,1-5H3/t11-/m0/s1. The zero-order chi connectivity index (χ0) is 19.6. The van der Waals surface area contributed by atoms with Gasteiger partial charge in [0.15, 0.2) is 0 Å². The minimum Gasteiger partial charge on any atom is -0.465 e. The first-order chi connectivity index (χ1) is 12.9. The number of rotatable bonds is 6. The van der Waals surface area contributed by atoms with Crippen molar-refractivity contribution in [1.82, 2.24) is 20.0 Å². The molecule has 0 N–H and O–H groups in total. The maximum absolute atomic E-state index is 11.5. The molecule has 0 amide bonds. The van der Waals surface area contributed by atoms with Gasteiger partial charge in [0.2, 0.25) is 11.7 Å². The number of carbonyl (C=O) groups is 1. The van der Waals surface area contributed by atoms with Gasteiger partial charge in [-0.15, -0.1) is 11.3 Å². The van der Waals surface area contributed by atoms with Crippen LogP contribution < -0.4 is 0 Å². The van der Waals surface area contributed by atoms with Crippen molar-refractivity contribution in [2.75, 3.05) is 14.2 Å². The van der Waals surface area contributed by atoms with Gasteiger partial charge in [0.1, 0.15) is 0 Å². The number of hydrogen-bond acceptors (Lipinski definition) is 8. The second kappa shape index (κ2) is 7.98. The number of ether oxygens (including phenoxy) is 1. The summed E-state index contributed by atoms with van der Waals surface area (Å²) in [6, 6.07) is 7.05. The molecule has 7 nitrogen and oxygen atoms in total. The molecule has 0 saturated carbocycles. The molecule has 0 aliphatic heterocycles. The molecule has 142 valence electrons. The van der Waals surface area contributed by atoms with Gasteiger partial charge in [-0.25, -0.2) is 9.78 Å². The molecule has 0 spiro atoms. The Labute approximate surface area is 162 Å². The van der Waals surface area contributed by atoms with Gasteiger partial charge in [0, 0.05) is 10.4 Å². The lowest BCUT2D eigenvalue weighted by Gasteiger charge is -2.22. The maximum Gasteiger partial charge on any atom is 0.337 e. The largest absolute Gasteiger partial charge is 0.465 e. The summed E-state index contributed by atoms with van der Waals surface area (Å²) in [4.78, 5) is 24.0. The number of thiazole rings is 1. The van der Waals surface area contributed by atoms with Crippen LogP contribution in [-0.4, -0.2) is 40.2 Å². The van der Waals surface area contributed by atoms with Crippen molar-refractivity contribution in [1.29, 1.82) is 0 Å². The Bertz CT molecular complexity index is 933. The molecule has 1 aromatic carbocycles. The Morgan fingerprint density at radius 1 is 1.26 bits per heavy atom. The van der Waals surface area contributed by atoms with Gasteiger partial charge in [0.25, 0.3) is 0 Å². The fourth-order valence-electron chi connectivity index (χ4n) is 2.80. The van der Waals surface area contributed by atoms with Crippen LogP contribution in [-0.2, 0) is 11.3 Å². The zero-order valence-corrected chi connectivity index (χ0v) is 16.8. The van der Waals surface area contributed by atoms with Crippen molar-refractivity contribution >= 4 is 17.3 Å². The Hall–Kier alpha value is -2.58. The highest BCUT2D eigenvalue weighted by Crippen LogP contribution is 2.27. The molecule has 8 heteroatoms. The number of esters is 1. The normalized spacial score (nSPS) is 12.4. The maximum atomic E-state index is 11.5. The fourth-order valence-corrected chi connectivity index (χ4v) is 3.71. The molecule has 0 aliphatic carbocycles. The van der Waals surface area contributed by atoms with E-state index >= 15 is 0 Å². The van der Waals surface area contributed by atoms with Crippen molar-refractivity contribution in [2.45, 2.75) is 33.4 Å². The topological polar surface area (TPSA) is 81.4 Å². The van der Waals surface area contributed by atoms with Crippen LogP contribution in [0.5, 0.6) is 0 Å². The predicted molar refractivity (Wildman–Crippen MR) is 103 cm³/mol. The van der Waals surface area contributed by atoms with E-state index in [0.29, 0.717) is 23.8 Å². The first-order valence-corrected chi connectivity index (χ1v) is 9.36. The van der Waals surface area contributed by atoms with Gasteiger partial charge < -0.3 is 9.26 Å². The molecule has 3 aromatic rings. The van der Waals surface area contributed by atoms with Gasteiger partial charge in [-0.05, 0) is 40.0 Å². The lowest BCUT2D eigenvalue weighted by molar-refractivity contribution is 0.0601. The minimum atomic E-state index is -0.376. The van der Waals surface area contributed by atoms with Gasteiger partial charge in [0.05, 0.1) is 36.0 Å². The van der Waals surface area contributed by atoms with Gasteiger partial charge in [-0.3, -0.25) is 4.90 Å². The number of aromatic nitrogens is 3. The Morgan fingerprint density at radius 3 is 2.56 bits per heavy atom. The summed E-state index contributed by atoms with van der Waals surface area (Å²) in [5.74, 6) is 0.641. The number of hydrogen-bond donors (Lipinski definition) is 0. The van der Waals surface area contributed by atoms with E-state index in [1.807, 2.05) is 14.0 Å². The average Bonchev–Trinajstić information content (AvgIpc) is 3.26. The van der Waals surface area contributed by atoms with E-state index in [0.717, 1.165) is 16.3 Å². The molecular weight excluding hydrogens is 364 g/mol. The minimum absolute atomic E-state index is 0.143. The highest BCUT2D eigenvalue weighted by Gasteiger charge is 2.20. The van der Waals surface area contributed by atoms with Crippen LogP contribution in [0.25, 0.3) is 11.4 Å². The first-order valence-electron chi connectivity index (χ1n) is 8.54. The quantitative estimate of drug-likeness (QED) is 0.596. The molecule has 0 saturated heterocycles. The Balaban J connectivity index is 1.70. The van der Waals surface area contributed by atoms with E-state index in [1.54, 1.807) is 35.6 Å². The molecule has 3 rings (SSSR count). The van der Waals surface area contributed by atoms with Crippen LogP contribution in [0.1, 0.15) is 44.8 Å². The van der Waals surface area contributed by atoms with Crippen LogP contribution in [0.2, 0.25) is 0 Å². The fraction of sp³-hybridized carbons (Fsp3) is 0.368. The highest BCUT2D eigenvalue weighted by atomic mass is 32.1. The average molecular weight is 386 g/mol. The third kappa shape index (κ3) is 4.23. The summed E-state index contributed by atoms with van der Waals surface area (Å²) in [5.41, 5.74) is 2.34. The number of benzene rings is 1. The molecule has 0 radical (unpaired) electrons. The van der Waals surface area contributed by atoms with E-state index < -0.39 is 0 Å². The van der Waals surface area contributed by atoms with Crippen LogP contribution >= 0.6 is 11.3 Å². The summed E-state index contributed by atoms with van der Waals surface area (Å²) < 4.78 is 10.1. The first kappa shape index (κ1) is 19.2. The number of aryl methyl sites for hydroxylation is 2. The SMILES string of the molecule is COC(=O)c1ccc(-c2noc(CN(C)[C@@H](C)c3nc(C)sc3C)n2)cc1. The van der Waals surface area contributed by atoms with Crippen LogP contribution in [0, 0.1) is 13.8 Å². The number of methoxy groups -OCH3 is 1. The molecule has 0 fully saturated rings. The summed E-state index contributed by atoms with van der Waals surface area (Å²) in [7, 11) is 3.36. The molecule has 0 unspecified atom stereocenters. The van der Waals surface area contributed by atoms with Crippen LogP contribution in [0.4, 0.5) is 0 Å². The van der Waals surface area contributed by atoms with E-state index in [-0.39, 0.29) is 12.0 Å². The van der Waals surface area contributed by atoms with Crippen molar-refractivity contribution in [2.24, 2.45) is 0 Å². The van der Waals surface area contributed by atoms with Gasteiger partial charge in [-0.1, -0.05) is 17.3 Å². The van der Waals surface area contributed by atoms with Gasteiger partial charge in [-0.2, -0.15) is 4.98 Å². The van der Waals surface area contributed by atoms with E-state index in [1.165, 1.54) is 12.0 Å². The summed E-state index contributed by atoms with van der Waals surface area (Å²) in [6.07, 6.45) is 0. The lowest BCUT2D eigenvalue weighted by atomic mass is 10.1. The smallest absolute Gasteiger partial charge is 0.337 e. The van der Waals surface area contributed by atoms with Gasteiger partial charge >= 0.3 is 5.97 Å². The molecule has 0 bridgehead atoms. The van der Waals surface area contributed by atoms with E-state index in [9.17, 15) is 4.79 Å². The van der Waals surface area contributed by atoms with Crippen LogP contribution in [0.15, 0.2) is 28.8 Å². The Morgan fingerprint density at radius 2 is 1.96 bits per heavy atom. The second-order valence-corrected chi connectivity index (χ2v) is 7.75. The third-order valence-electron chi connectivity index (χ3n) is 4.41. The highest BCUT2D eigenvalue weighted by molar-refractivity contribution is 7.11. The lowest BCUT2D eigenvalue weighted by Crippen LogP contribution is -2.23. The molecule has 0 aliphatic rings. The zero-order valence-electron chi connectivity index (χ0n) is 16.0. The summed E-state index contributed by atoms with van der Waals surface area (Å²) >= 11 is 1.71. The number of nitrogens with zero attached hydrogens (tertiary/aromatic N) is 4. The van der Waals surface area contributed by atoms with Crippen molar-refractivity contribution in [3.05, 3.63) is 51.3 Å². The van der Waals surface area contributed by atoms with E-state index in [2.05, 4.69) is 33.9 Å². The van der Waals surface area contributed by atoms with Crippen molar-refractivity contribution < 1.29 is 14.1 Å². The van der Waals surface area contributed by atoms with Crippen LogP contribution in [0.3, 0.4) is 0 Å². The molecular formula is C19H22N4O3S. The molecule has 27 heavy (non-hydrogen) atoms. The molecule has 1 atom stereocenters. The number of carbonyl (C=O) groups excluding carboxylic acids is 1. The monoisotopic (exact) mass is 386 g/mol. The van der Waals surface area contributed by atoms with E-state index in [4.69, 9.17) is 9.26 Å². The Kier molecular flexibility index (Phi) is 5.67. The van der Waals surface area contributed by atoms with Crippen molar-refractivity contribution in [3.63, 3.8) is 0 Å². The van der Waals surface area contributed by atoms with Crippen molar-refractivity contribution in [3.8, 4) is 11.4 Å².